The fourth-order valence-corrected chi connectivity index (χ4v) is 4.02. The third kappa shape index (κ3) is 5.28. The molecule has 1 fully saturated rings. The van der Waals surface area contributed by atoms with E-state index in [1.54, 1.807) is 13.0 Å². The molecule has 2 amide bonds. The third-order valence-electron chi connectivity index (χ3n) is 4.85. The standard InChI is InChI=1S/C19H31N3O3S/c1-5-15-12-22(9-8-21(15)11-14(4)23)19(25)17(13(2)3)20-18(24)16-7-6-10-26-16/h6-7,10,13-15,17,23H,5,8-9,11-12H2,1-4H3,(H,20,24)/t14-,15+,17-/m0/s1. The summed E-state index contributed by atoms with van der Waals surface area (Å²) in [4.78, 5) is 30.2. The van der Waals surface area contributed by atoms with Gasteiger partial charge in [-0.2, -0.15) is 0 Å². The molecule has 7 heteroatoms. The number of β-amino-alcohol motifs (C(OH)–C–C–N with tert-alkyl or cyclic N) is 1. The second-order valence-corrected chi connectivity index (χ2v) is 8.31. The molecule has 1 aromatic heterocycles. The van der Waals surface area contributed by atoms with Crippen molar-refractivity contribution in [1.29, 1.82) is 0 Å². The lowest BCUT2D eigenvalue weighted by molar-refractivity contribution is -0.137. The summed E-state index contributed by atoms with van der Waals surface area (Å²) in [6, 6.07) is 3.32. The van der Waals surface area contributed by atoms with E-state index in [0.717, 1.165) is 13.0 Å². The molecule has 0 aromatic carbocycles. The first-order valence-corrected chi connectivity index (χ1v) is 10.3. The van der Waals surface area contributed by atoms with Gasteiger partial charge in [-0.25, -0.2) is 0 Å². The predicted octanol–water partition coefficient (Wildman–Crippen LogP) is 1.81. The SMILES string of the molecule is CC[C@@H]1CN(C(=O)[C@@H](NC(=O)c2cccs2)C(C)C)CCN1C[C@H](C)O. The predicted molar refractivity (Wildman–Crippen MR) is 104 cm³/mol. The van der Waals surface area contributed by atoms with Gasteiger partial charge in [0, 0.05) is 32.2 Å². The number of hydrogen-bond acceptors (Lipinski definition) is 5. The smallest absolute Gasteiger partial charge is 0.262 e. The van der Waals surface area contributed by atoms with Crippen molar-refractivity contribution in [3.05, 3.63) is 22.4 Å². The van der Waals surface area contributed by atoms with E-state index in [-0.39, 0.29) is 29.9 Å². The van der Waals surface area contributed by atoms with Gasteiger partial charge in [-0.3, -0.25) is 14.5 Å². The van der Waals surface area contributed by atoms with Gasteiger partial charge in [0.25, 0.3) is 5.91 Å². The highest BCUT2D eigenvalue weighted by Crippen LogP contribution is 2.17. The van der Waals surface area contributed by atoms with Crippen LogP contribution in [0.5, 0.6) is 0 Å². The molecular weight excluding hydrogens is 350 g/mol. The van der Waals surface area contributed by atoms with Crippen LogP contribution in [0.15, 0.2) is 17.5 Å². The highest BCUT2D eigenvalue weighted by atomic mass is 32.1. The van der Waals surface area contributed by atoms with Crippen LogP contribution in [-0.4, -0.2) is 71.1 Å². The Morgan fingerprint density at radius 3 is 2.62 bits per heavy atom. The van der Waals surface area contributed by atoms with Gasteiger partial charge in [0.2, 0.25) is 5.91 Å². The van der Waals surface area contributed by atoms with Crippen LogP contribution in [0.4, 0.5) is 0 Å². The summed E-state index contributed by atoms with van der Waals surface area (Å²) in [6.07, 6.45) is 0.546. The Balaban J connectivity index is 2.03. The number of hydrogen-bond donors (Lipinski definition) is 2. The van der Waals surface area contributed by atoms with E-state index >= 15 is 0 Å². The first kappa shape index (κ1) is 20.9. The van der Waals surface area contributed by atoms with Crippen molar-refractivity contribution in [2.75, 3.05) is 26.2 Å². The number of aliphatic hydroxyl groups excluding tert-OH is 1. The average Bonchev–Trinajstić information content (AvgIpc) is 3.13. The van der Waals surface area contributed by atoms with Gasteiger partial charge in [0.05, 0.1) is 11.0 Å². The zero-order valence-corrected chi connectivity index (χ0v) is 17.0. The van der Waals surface area contributed by atoms with Crippen molar-refractivity contribution in [2.45, 2.75) is 52.3 Å². The van der Waals surface area contributed by atoms with Crippen LogP contribution in [0.2, 0.25) is 0 Å². The minimum atomic E-state index is -0.523. The number of carbonyl (C=O) groups is 2. The van der Waals surface area contributed by atoms with Crippen LogP contribution in [0.1, 0.15) is 43.8 Å². The van der Waals surface area contributed by atoms with E-state index < -0.39 is 6.04 Å². The maximum absolute atomic E-state index is 13.1. The summed E-state index contributed by atoms with van der Waals surface area (Å²) in [5.74, 6) is -0.186. The van der Waals surface area contributed by atoms with Gasteiger partial charge >= 0.3 is 0 Å². The van der Waals surface area contributed by atoms with Crippen LogP contribution in [0.25, 0.3) is 0 Å². The molecular formula is C19H31N3O3S. The van der Waals surface area contributed by atoms with Gasteiger partial charge < -0.3 is 15.3 Å². The lowest BCUT2D eigenvalue weighted by Crippen LogP contribution is -2.60. The summed E-state index contributed by atoms with van der Waals surface area (Å²) in [7, 11) is 0. The molecule has 1 aliphatic heterocycles. The van der Waals surface area contributed by atoms with Crippen molar-refractivity contribution in [2.24, 2.45) is 5.92 Å². The number of amides is 2. The van der Waals surface area contributed by atoms with Gasteiger partial charge in [-0.15, -0.1) is 11.3 Å². The maximum atomic E-state index is 13.1. The molecule has 0 unspecified atom stereocenters. The van der Waals surface area contributed by atoms with Crippen molar-refractivity contribution in [3.63, 3.8) is 0 Å². The summed E-state index contributed by atoms with van der Waals surface area (Å²) < 4.78 is 0. The molecule has 0 aliphatic carbocycles. The van der Waals surface area contributed by atoms with Gasteiger partial charge in [-0.05, 0) is 30.7 Å². The van der Waals surface area contributed by atoms with Gasteiger partial charge in [0.1, 0.15) is 6.04 Å². The van der Waals surface area contributed by atoms with Gasteiger partial charge in [-0.1, -0.05) is 26.8 Å². The molecule has 1 saturated heterocycles. The Labute approximate surface area is 160 Å². The second kappa shape index (κ2) is 9.48. The summed E-state index contributed by atoms with van der Waals surface area (Å²) in [6.45, 7) is 10.4. The maximum Gasteiger partial charge on any atom is 0.262 e. The normalized spacial score (nSPS) is 20.8. The van der Waals surface area contributed by atoms with E-state index in [2.05, 4.69) is 17.1 Å². The summed E-state index contributed by atoms with van der Waals surface area (Å²) >= 11 is 1.37. The topological polar surface area (TPSA) is 72.9 Å². The Bertz CT molecular complexity index is 589. The number of piperazine rings is 1. The highest BCUT2D eigenvalue weighted by molar-refractivity contribution is 7.12. The number of aliphatic hydroxyl groups is 1. The summed E-state index contributed by atoms with van der Waals surface area (Å²) in [5, 5.41) is 14.4. The Morgan fingerprint density at radius 2 is 2.08 bits per heavy atom. The number of nitrogens with zero attached hydrogens (tertiary/aromatic N) is 2. The van der Waals surface area contributed by atoms with E-state index in [0.29, 0.717) is 24.5 Å². The van der Waals surface area contributed by atoms with Crippen molar-refractivity contribution < 1.29 is 14.7 Å². The fraction of sp³-hybridized carbons (Fsp3) is 0.684. The van der Waals surface area contributed by atoms with Crippen molar-refractivity contribution in [1.82, 2.24) is 15.1 Å². The zero-order chi connectivity index (χ0) is 19.3. The number of rotatable bonds is 7. The zero-order valence-electron chi connectivity index (χ0n) is 16.1. The first-order valence-electron chi connectivity index (χ1n) is 9.38. The fourth-order valence-electron chi connectivity index (χ4n) is 3.39. The molecule has 0 bridgehead atoms. The monoisotopic (exact) mass is 381 g/mol. The van der Waals surface area contributed by atoms with Crippen LogP contribution in [0, 0.1) is 5.92 Å². The summed E-state index contributed by atoms with van der Waals surface area (Å²) in [5.41, 5.74) is 0. The van der Waals surface area contributed by atoms with Crippen LogP contribution in [0.3, 0.4) is 0 Å². The lowest BCUT2D eigenvalue weighted by Gasteiger charge is -2.43. The molecule has 1 aromatic rings. The highest BCUT2D eigenvalue weighted by Gasteiger charge is 2.34. The van der Waals surface area contributed by atoms with Crippen molar-refractivity contribution in [3.8, 4) is 0 Å². The van der Waals surface area contributed by atoms with E-state index in [1.807, 2.05) is 30.2 Å². The van der Waals surface area contributed by atoms with Crippen molar-refractivity contribution >= 4 is 23.2 Å². The second-order valence-electron chi connectivity index (χ2n) is 7.36. The number of thiophene rings is 1. The van der Waals surface area contributed by atoms with E-state index in [1.165, 1.54) is 11.3 Å². The van der Waals surface area contributed by atoms with Crippen LogP contribution in [-0.2, 0) is 4.79 Å². The Kier molecular flexibility index (Phi) is 7.61. The Morgan fingerprint density at radius 1 is 1.35 bits per heavy atom. The number of carbonyl (C=O) groups excluding carboxylic acids is 2. The molecule has 6 nitrogen and oxygen atoms in total. The van der Waals surface area contributed by atoms with E-state index in [9.17, 15) is 14.7 Å². The third-order valence-corrected chi connectivity index (χ3v) is 5.72. The molecule has 146 valence electrons. The molecule has 0 saturated carbocycles. The first-order chi connectivity index (χ1) is 12.3. The molecule has 2 heterocycles. The molecule has 26 heavy (non-hydrogen) atoms. The largest absolute Gasteiger partial charge is 0.392 e. The quantitative estimate of drug-likeness (QED) is 0.755. The Hall–Kier alpha value is -1.44. The molecule has 0 spiro atoms. The van der Waals surface area contributed by atoms with Gasteiger partial charge in [0.15, 0.2) is 0 Å². The van der Waals surface area contributed by atoms with E-state index in [4.69, 9.17) is 0 Å². The minimum Gasteiger partial charge on any atom is -0.392 e. The average molecular weight is 382 g/mol. The van der Waals surface area contributed by atoms with Crippen LogP contribution < -0.4 is 5.32 Å². The number of nitrogens with one attached hydrogen (secondary N) is 1. The molecule has 2 rings (SSSR count). The minimum absolute atomic E-state index is 0.0138. The molecule has 0 radical (unpaired) electrons. The molecule has 1 aliphatic rings. The molecule has 2 N–H and O–H groups in total. The van der Waals surface area contributed by atoms with Crippen LogP contribution >= 0.6 is 11.3 Å². The molecule has 3 atom stereocenters. The lowest BCUT2D eigenvalue weighted by atomic mass is 10.0.